The second-order valence-electron chi connectivity index (χ2n) is 7.32. The van der Waals surface area contributed by atoms with Crippen LogP contribution in [0.2, 0.25) is 0 Å². The van der Waals surface area contributed by atoms with Crippen molar-refractivity contribution < 1.29 is 19.7 Å². The minimum atomic E-state index is -0.606. The standard InChI is InChI=1S/C17H36N2O4/c1-7-17(8-2,13-20)12-18-9-10-19(11-14(3)21)15(22)23-16(4,5)6/h14,18,20-21H,7-13H2,1-6H3. The average Bonchev–Trinajstić information content (AvgIpc) is 2.44. The third-order valence-electron chi connectivity index (χ3n) is 4.03. The van der Waals surface area contributed by atoms with Crippen molar-refractivity contribution in [3.05, 3.63) is 0 Å². The smallest absolute Gasteiger partial charge is 0.410 e. The van der Waals surface area contributed by atoms with Crippen molar-refractivity contribution in [2.24, 2.45) is 5.41 Å². The molecule has 0 aliphatic heterocycles. The zero-order valence-corrected chi connectivity index (χ0v) is 15.7. The van der Waals surface area contributed by atoms with Crippen LogP contribution in [0.5, 0.6) is 0 Å². The van der Waals surface area contributed by atoms with Crippen molar-refractivity contribution in [3.63, 3.8) is 0 Å². The number of carbonyl (C=O) groups excluding carboxylic acids is 1. The normalized spacial score (nSPS) is 13.7. The Hall–Kier alpha value is -0.850. The van der Waals surface area contributed by atoms with Gasteiger partial charge in [-0.25, -0.2) is 4.79 Å². The highest BCUT2D eigenvalue weighted by Crippen LogP contribution is 2.24. The monoisotopic (exact) mass is 332 g/mol. The molecule has 1 unspecified atom stereocenters. The number of carbonyl (C=O) groups is 1. The van der Waals surface area contributed by atoms with E-state index >= 15 is 0 Å². The second-order valence-corrected chi connectivity index (χ2v) is 7.32. The van der Waals surface area contributed by atoms with Gasteiger partial charge in [0.2, 0.25) is 0 Å². The molecule has 0 aromatic rings. The molecule has 0 saturated carbocycles. The summed E-state index contributed by atoms with van der Waals surface area (Å²) in [6.07, 6.45) is 0.775. The van der Waals surface area contributed by atoms with E-state index < -0.39 is 17.8 Å². The molecule has 3 N–H and O–H groups in total. The van der Waals surface area contributed by atoms with Gasteiger partial charge in [-0.2, -0.15) is 0 Å². The van der Waals surface area contributed by atoms with E-state index in [1.54, 1.807) is 6.92 Å². The molecule has 0 aromatic carbocycles. The summed E-state index contributed by atoms with van der Waals surface area (Å²) in [5.41, 5.74) is -0.668. The van der Waals surface area contributed by atoms with E-state index in [0.29, 0.717) is 19.6 Å². The molecule has 6 heteroatoms. The molecule has 6 nitrogen and oxygen atoms in total. The third kappa shape index (κ3) is 9.13. The number of rotatable bonds is 10. The zero-order valence-electron chi connectivity index (χ0n) is 15.7. The van der Waals surface area contributed by atoms with E-state index in [4.69, 9.17) is 4.74 Å². The first-order valence-corrected chi connectivity index (χ1v) is 8.56. The van der Waals surface area contributed by atoms with Crippen molar-refractivity contribution in [1.29, 1.82) is 0 Å². The van der Waals surface area contributed by atoms with Crippen molar-refractivity contribution >= 4 is 6.09 Å². The molecule has 0 spiro atoms. The van der Waals surface area contributed by atoms with Crippen LogP contribution in [0.3, 0.4) is 0 Å². The predicted octanol–water partition coefficient (Wildman–Crippen LogP) is 1.99. The van der Waals surface area contributed by atoms with Crippen LogP contribution in [0.1, 0.15) is 54.4 Å². The predicted molar refractivity (Wildman–Crippen MR) is 92.5 cm³/mol. The number of hydrogen-bond donors (Lipinski definition) is 3. The number of aliphatic hydroxyl groups is 2. The molecule has 0 aliphatic carbocycles. The average molecular weight is 332 g/mol. The molecule has 0 saturated heterocycles. The molecule has 0 rings (SSSR count). The maximum atomic E-state index is 12.2. The Kier molecular flexibility index (Phi) is 9.73. The van der Waals surface area contributed by atoms with E-state index in [0.717, 1.165) is 12.8 Å². The Bertz CT molecular complexity index is 328. The van der Waals surface area contributed by atoms with Gasteiger partial charge in [0.15, 0.2) is 0 Å². The SMILES string of the molecule is CCC(CC)(CO)CNCCN(CC(C)O)C(=O)OC(C)(C)C. The first-order valence-electron chi connectivity index (χ1n) is 8.56. The first-order chi connectivity index (χ1) is 10.6. The lowest BCUT2D eigenvalue weighted by Gasteiger charge is -2.31. The van der Waals surface area contributed by atoms with Gasteiger partial charge in [-0.1, -0.05) is 13.8 Å². The van der Waals surface area contributed by atoms with E-state index in [-0.39, 0.29) is 18.6 Å². The van der Waals surface area contributed by atoms with E-state index in [9.17, 15) is 15.0 Å². The highest BCUT2D eigenvalue weighted by molar-refractivity contribution is 5.68. The van der Waals surface area contributed by atoms with Crippen LogP contribution < -0.4 is 5.32 Å². The van der Waals surface area contributed by atoms with Crippen molar-refractivity contribution in [2.75, 3.05) is 32.8 Å². The summed E-state index contributed by atoms with van der Waals surface area (Å²) in [6.45, 7) is 13.4. The topological polar surface area (TPSA) is 82.0 Å². The minimum Gasteiger partial charge on any atom is -0.444 e. The maximum absolute atomic E-state index is 12.2. The minimum absolute atomic E-state index is 0.110. The molecular formula is C17H36N2O4. The zero-order chi connectivity index (χ0) is 18.1. The van der Waals surface area contributed by atoms with Crippen LogP contribution in [0.15, 0.2) is 0 Å². The van der Waals surface area contributed by atoms with Gasteiger partial charge in [0.25, 0.3) is 0 Å². The molecule has 138 valence electrons. The molecule has 0 aliphatic rings. The highest BCUT2D eigenvalue weighted by Gasteiger charge is 2.26. The van der Waals surface area contributed by atoms with Crippen molar-refractivity contribution in [2.45, 2.75) is 66.1 Å². The van der Waals surface area contributed by atoms with E-state index in [1.807, 2.05) is 20.8 Å². The van der Waals surface area contributed by atoms with Gasteiger partial charge in [-0.3, -0.25) is 0 Å². The lowest BCUT2D eigenvalue weighted by Crippen LogP contribution is -2.45. The molecule has 1 amide bonds. The second kappa shape index (κ2) is 10.1. The molecular weight excluding hydrogens is 296 g/mol. The molecule has 23 heavy (non-hydrogen) atoms. The van der Waals surface area contributed by atoms with Crippen molar-refractivity contribution in [3.8, 4) is 0 Å². The van der Waals surface area contributed by atoms with Gasteiger partial charge in [0.05, 0.1) is 6.10 Å². The first kappa shape index (κ1) is 22.1. The Morgan fingerprint density at radius 1 is 1.26 bits per heavy atom. The lowest BCUT2D eigenvalue weighted by molar-refractivity contribution is 0.0161. The number of nitrogens with one attached hydrogen (secondary N) is 1. The van der Waals surface area contributed by atoms with Gasteiger partial charge >= 0.3 is 6.09 Å². The van der Waals surface area contributed by atoms with E-state index in [2.05, 4.69) is 19.2 Å². The van der Waals surface area contributed by atoms with Crippen LogP contribution >= 0.6 is 0 Å². The number of ether oxygens (including phenoxy) is 1. The quantitative estimate of drug-likeness (QED) is 0.533. The van der Waals surface area contributed by atoms with Crippen LogP contribution in [0, 0.1) is 5.41 Å². The fourth-order valence-corrected chi connectivity index (χ4v) is 2.25. The highest BCUT2D eigenvalue weighted by atomic mass is 16.6. The summed E-state index contributed by atoms with van der Waals surface area (Å²) < 4.78 is 5.37. The fraction of sp³-hybridized carbons (Fsp3) is 0.941. The number of hydrogen-bond acceptors (Lipinski definition) is 5. The summed E-state index contributed by atoms with van der Waals surface area (Å²) >= 11 is 0. The molecule has 0 heterocycles. The van der Waals surface area contributed by atoms with Crippen LogP contribution in [0.25, 0.3) is 0 Å². The molecule has 0 fully saturated rings. The van der Waals surface area contributed by atoms with Gasteiger partial charge < -0.3 is 25.2 Å². The summed E-state index contributed by atoms with van der Waals surface area (Å²) in [5, 5.41) is 22.4. The summed E-state index contributed by atoms with van der Waals surface area (Å²) in [4.78, 5) is 13.7. The number of nitrogens with zero attached hydrogens (tertiary/aromatic N) is 1. The largest absolute Gasteiger partial charge is 0.444 e. The van der Waals surface area contributed by atoms with Gasteiger partial charge in [0, 0.05) is 38.2 Å². The maximum Gasteiger partial charge on any atom is 0.410 e. The van der Waals surface area contributed by atoms with Crippen LogP contribution in [-0.4, -0.2) is 65.7 Å². The molecule has 1 atom stereocenters. The molecule has 0 bridgehead atoms. The summed E-state index contributed by atoms with van der Waals surface area (Å²) in [7, 11) is 0. The summed E-state index contributed by atoms with van der Waals surface area (Å²) in [5.74, 6) is 0. The fourth-order valence-electron chi connectivity index (χ4n) is 2.25. The van der Waals surface area contributed by atoms with Crippen LogP contribution in [-0.2, 0) is 4.74 Å². The molecule has 0 aromatic heterocycles. The Balaban J connectivity index is 4.48. The Labute approximate surface area is 141 Å². The Morgan fingerprint density at radius 2 is 1.83 bits per heavy atom. The Morgan fingerprint density at radius 3 is 2.22 bits per heavy atom. The third-order valence-corrected chi connectivity index (χ3v) is 4.03. The number of aliphatic hydroxyl groups excluding tert-OH is 2. The van der Waals surface area contributed by atoms with Gasteiger partial charge in [-0.15, -0.1) is 0 Å². The number of amides is 1. The van der Waals surface area contributed by atoms with Gasteiger partial charge in [0.1, 0.15) is 5.60 Å². The van der Waals surface area contributed by atoms with Crippen LogP contribution in [0.4, 0.5) is 4.79 Å². The van der Waals surface area contributed by atoms with Crippen molar-refractivity contribution in [1.82, 2.24) is 10.2 Å². The van der Waals surface area contributed by atoms with E-state index in [1.165, 1.54) is 4.90 Å². The van der Waals surface area contributed by atoms with Gasteiger partial charge in [-0.05, 0) is 40.5 Å². The molecule has 0 radical (unpaired) electrons. The lowest BCUT2D eigenvalue weighted by atomic mass is 9.83. The summed E-state index contributed by atoms with van der Waals surface area (Å²) in [6, 6.07) is 0.